The molecule has 1 fully saturated rings. The van der Waals surface area contributed by atoms with E-state index in [1.807, 2.05) is 6.92 Å². The molecule has 0 saturated carbocycles. The number of nitrogens with one attached hydrogen (secondary N) is 2. The molecule has 9 heteroatoms. The summed E-state index contributed by atoms with van der Waals surface area (Å²) >= 11 is 6.01. The van der Waals surface area contributed by atoms with Gasteiger partial charge >= 0.3 is 11.8 Å². The van der Waals surface area contributed by atoms with Crippen LogP contribution in [0.5, 0.6) is 5.75 Å². The van der Waals surface area contributed by atoms with Crippen molar-refractivity contribution < 1.29 is 19.1 Å². The average molecular weight is 443 g/mol. The van der Waals surface area contributed by atoms with E-state index in [1.165, 1.54) is 6.21 Å². The van der Waals surface area contributed by atoms with E-state index in [-0.39, 0.29) is 12.5 Å². The monoisotopic (exact) mass is 442 g/mol. The zero-order valence-electron chi connectivity index (χ0n) is 17.1. The Bertz CT molecular complexity index is 1000. The van der Waals surface area contributed by atoms with Crippen LogP contribution in [0.15, 0.2) is 47.6 Å². The Hall–Kier alpha value is -3.39. The Morgan fingerprint density at radius 3 is 2.65 bits per heavy atom. The number of carbonyl (C=O) groups excluding carboxylic acids is 3. The number of hydrogen-bond donors (Lipinski definition) is 2. The van der Waals surface area contributed by atoms with Crippen molar-refractivity contribution in [2.45, 2.75) is 19.8 Å². The number of hydrogen-bond acceptors (Lipinski definition) is 5. The van der Waals surface area contributed by atoms with Gasteiger partial charge in [-0.2, -0.15) is 5.10 Å². The standard InChI is InChI=1S/C22H23ClN4O4/c1-15-7-8-17(12-19(15)23)25-21(29)22(30)26-24-13-16-5-4-6-18(11-16)31-14-20(28)27-9-2-3-10-27/h4-8,11-13H,2-3,9-10,14H2,1H3,(H,25,29)(H,26,30)/b24-13-. The van der Waals surface area contributed by atoms with E-state index in [2.05, 4.69) is 15.8 Å². The molecule has 0 aliphatic carbocycles. The number of amides is 3. The van der Waals surface area contributed by atoms with Crippen molar-refractivity contribution in [1.29, 1.82) is 0 Å². The van der Waals surface area contributed by atoms with Gasteiger partial charge in [-0.15, -0.1) is 0 Å². The molecule has 0 bridgehead atoms. The highest BCUT2D eigenvalue weighted by molar-refractivity contribution is 6.39. The van der Waals surface area contributed by atoms with Crippen molar-refractivity contribution >= 4 is 41.2 Å². The minimum Gasteiger partial charge on any atom is -0.484 e. The van der Waals surface area contributed by atoms with Crippen molar-refractivity contribution in [3.8, 4) is 5.75 Å². The number of likely N-dealkylation sites (tertiary alicyclic amines) is 1. The van der Waals surface area contributed by atoms with Crippen LogP contribution >= 0.6 is 11.6 Å². The molecule has 31 heavy (non-hydrogen) atoms. The normalized spacial score (nSPS) is 13.3. The maximum Gasteiger partial charge on any atom is 0.329 e. The molecule has 2 N–H and O–H groups in total. The number of ether oxygens (including phenoxy) is 1. The predicted molar refractivity (Wildman–Crippen MR) is 118 cm³/mol. The number of anilines is 1. The summed E-state index contributed by atoms with van der Waals surface area (Å²) in [5, 5.41) is 6.73. The van der Waals surface area contributed by atoms with Gasteiger partial charge in [0, 0.05) is 23.8 Å². The van der Waals surface area contributed by atoms with Gasteiger partial charge in [-0.1, -0.05) is 29.8 Å². The lowest BCUT2D eigenvalue weighted by molar-refractivity contribution is -0.136. The Labute approximate surface area is 185 Å². The lowest BCUT2D eigenvalue weighted by atomic mass is 10.2. The number of aryl methyl sites for hydroxylation is 1. The van der Waals surface area contributed by atoms with Crippen molar-refractivity contribution in [3.05, 3.63) is 58.6 Å². The fourth-order valence-electron chi connectivity index (χ4n) is 2.96. The molecule has 0 aromatic heterocycles. The summed E-state index contributed by atoms with van der Waals surface area (Å²) in [6.07, 6.45) is 3.43. The minimum absolute atomic E-state index is 0.0273. The third-order valence-electron chi connectivity index (χ3n) is 4.69. The molecule has 2 aromatic rings. The van der Waals surface area contributed by atoms with Gasteiger partial charge in [0.1, 0.15) is 5.75 Å². The smallest absolute Gasteiger partial charge is 0.329 e. The maximum absolute atomic E-state index is 12.1. The Kier molecular flexibility index (Phi) is 7.61. The molecule has 162 valence electrons. The molecule has 1 aliphatic rings. The quantitative estimate of drug-likeness (QED) is 0.408. The molecule has 3 amide bonds. The first-order chi connectivity index (χ1) is 14.9. The van der Waals surface area contributed by atoms with Gasteiger partial charge in [0.15, 0.2) is 6.61 Å². The highest BCUT2D eigenvalue weighted by Gasteiger charge is 2.18. The Balaban J connectivity index is 1.48. The average Bonchev–Trinajstić information content (AvgIpc) is 3.30. The molecule has 0 atom stereocenters. The number of halogens is 1. The van der Waals surface area contributed by atoms with Crippen LogP contribution < -0.4 is 15.5 Å². The molecule has 0 radical (unpaired) electrons. The fourth-order valence-corrected chi connectivity index (χ4v) is 3.14. The van der Waals surface area contributed by atoms with E-state index in [4.69, 9.17) is 16.3 Å². The van der Waals surface area contributed by atoms with Crippen LogP contribution in [0.25, 0.3) is 0 Å². The van der Waals surface area contributed by atoms with Crippen LogP contribution in [0.2, 0.25) is 5.02 Å². The predicted octanol–water partition coefficient (Wildman–Crippen LogP) is 2.74. The van der Waals surface area contributed by atoms with Crippen molar-refractivity contribution in [2.24, 2.45) is 5.10 Å². The third-order valence-corrected chi connectivity index (χ3v) is 5.10. The summed E-state index contributed by atoms with van der Waals surface area (Å²) in [6.45, 7) is 3.36. The highest BCUT2D eigenvalue weighted by atomic mass is 35.5. The summed E-state index contributed by atoms with van der Waals surface area (Å²) in [5.74, 6) is -1.31. The molecule has 8 nitrogen and oxygen atoms in total. The third kappa shape index (κ3) is 6.55. The summed E-state index contributed by atoms with van der Waals surface area (Å²) < 4.78 is 5.56. The van der Waals surface area contributed by atoms with Gasteiger partial charge in [-0.05, 0) is 55.2 Å². The van der Waals surface area contributed by atoms with Gasteiger partial charge in [-0.3, -0.25) is 14.4 Å². The van der Waals surface area contributed by atoms with E-state index in [0.717, 1.165) is 31.5 Å². The van der Waals surface area contributed by atoms with Gasteiger partial charge < -0.3 is 15.0 Å². The summed E-state index contributed by atoms with van der Waals surface area (Å²) in [4.78, 5) is 37.7. The lowest BCUT2D eigenvalue weighted by Gasteiger charge is -2.15. The lowest BCUT2D eigenvalue weighted by Crippen LogP contribution is -2.32. The van der Waals surface area contributed by atoms with Gasteiger partial charge in [0.2, 0.25) is 0 Å². The van der Waals surface area contributed by atoms with E-state index >= 15 is 0 Å². The first-order valence-electron chi connectivity index (χ1n) is 9.83. The van der Waals surface area contributed by atoms with E-state index in [1.54, 1.807) is 47.4 Å². The van der Waals surface area contributed by atoms with Gasteiger partial charge in [0.05, 0.1) is 6.21 Å². The number of carbonyl (C=O) groups is 3. The van der Waals surface area contributed by atoms with Crippen molar-refractivity contribution in [2.75, 3.05) is 25.0 Å². The molecule has 3 rings (SSSR count). The summed E-state index contributed by atoms with van der Waals surface area (Å²) in [6, 6.07) is 11.9. The van der Waals surface area contributed by atoms with E-state index in [0.29, 0.717) is 22.0 Å². The zero-order chi connectivity index (χ0) is 22.2. The molecule has 0 unspecified atom stereocenters. The van der Waals surface area contributed by atoms with Crippen molar-refractivity contribution in [3.63, 3.8) is 0 Å². The Morgan fingerprint density at radius 2 is 1.90 bits per heavy atom. The van der Waals surface area contributed by atoms with E-state index < -0.39 is 11.8 Å². The molecule has 2 aromatic carbocycles. The highest BCUT2D eigenvalue weighted by Crippen LogP contribution is 2.19. The minimum atomic E-state index is -0.920. The first kappa shape index (κ1) is 22.3. The summed E-state index contributed by atoms with van der Waals surface area (Å²) in [5.41, 5.74) is 4.08. The number of benzene rings is 2. The maximum atomic E-state index is 12.1. The molecule has 0 spiro atoms. The SMILES string of the molecule is Cc1ccc(NC(=O)C(=O)N/N=C\c2cccc(OCC(=O)N3CCCC3)c2)cc1Cl. The number of rotatable bonds is 6. The molecular weight excluding hydrogens is 420 g/mol. The van der Waals surface area contributed by atoms with E-state index in [9.17, 15) is 14.4 Å². The molecular formula is C22H23ClN4O4. The largest absolute Gasteiger partial charge is 0.484 e. The number of nitrogens with zero attached hydrogens (tertiary/aromatic N) is 2. The van der Waals surface area contributed by atoms with Gasteiger partial charge in [-0.25, -0.2) is 5.43 Å². The molecule has 1 saturated heterocycles. The zero-order valence-corrected chi connectivity index (χ0v) is 17.8. The fraction of sp³-hybridized carbons (Fsp3) is 0.273. The van der Waals surface area contributed by atoms with Crippen LogP contribution in [-0.2, 0) is 14.4 Å². The summed E-state index contributed by atoms with van der Waals surface area (Å²) in [7, 11) is 0. The first-order valence-corrected chi connectivity index (χ1v) is 10.2. The second kappa shape index (κ2) is 10.6. The number of hydrazone groups is 1. The van der Waals surface area contributed by atoms with Gasteiger partial charge in [0.25, 0.3) is 5.91 Å². The molecule has 1 heterocycles. The topological polar surface area (TPSA) is 100 Å². The van der Waals surface area contributed by atoms with Crippen LogP contribution in [0.1, 0.15) is 24.0 Å². The second-order valence-electron chi connectivity index (χ2n) is 7.07. The van der Waals surface area contributed by atoms with Crippen LogP contribution in [0.4, 0.5) is 5.69 Å². The van der Waals surface area contributed by atoms with Crippen molar-refractivity contribution in [1.82, 2.24) is 10.3 Å². The van der Waals surface area contributed by atoms with Crippen LogP contribution in [-0.4, -0.2) is 48.5 Å². The van der Waals surface area contributed by atoms with Crippen LogP contribution in [0.3, 0.4) is 0 Å². The Morgan fingerprint density at radius 1 is 1.13 bits per heavy atom. The van der Waals surface area contributed by atoms with Crippen LogP contribution in [0, 0.1) is 6.92 Å². The molecule has 1 aliphatic heterocycles. The second-order valence-corrected chi connectivity index (χ2v) is 7.47.